The van der Waals surface area contributed by atoms with Gasteiger partial charge in [0.05, 0.1) is 12.6 Å². The molecule has 0 aromatic heterocycles. The van der Waals surface area contributed by atoms with Crippen molar-refractivity contribution in [3.05, 3.63) is 35.4 Å². The van der Waals surface area contributed by atoms with Gasteiger partial charge in [0.2, 0.25) is 5.91 Å². The molecule has 0 radical (unpaired) electrons. The number of carbonyl (C=O) groups excluding carboxylic acids is 2. The zero-order chi connectivity index (χ0) is 27.1. The van der Waals surface area contributed by atoms with Gasteiger partial charge in [-0.3, -0.25) is 9.69 Å². The van der Waals surface area contributed by atoms with Crippen LogP contribution in [0, 0.1) is 11.3 Å². The first kappa shape index (κ1) is 27.5. The van der Waals surface area contributed by atoms with Crippen LogP contribution >= 0.6 is 0 Å². The van der Waals surface area contributed by atoms with Crippen LogP contribution in [-0.2, 0) is 9.53 Å². The summed E-state index contributed by atoms with van der Waals surface area (Å²) < 4.78 is 5.61. The predicted octanol–water partition coefficient (Wildman–Crippen LogP) is 6.37. The number of hydrogen-bond donors (Lipinski definition) is 0. The van der Waals surface area contributed by atoms with Crippen molar-refractivity contribution in [3.63, 3.8) is 0 Å². The molecular formula is C32H49N3O3. The van der Waals surface area contributed by atoms with Crippen molar-refractivity contribution >= 4 is 12.0 Å². The SMILES string of the molecule is CC(C)c1ccccc1C1CN(CC2CCCC2)CC(=O)N1C1CC2(CCN(C(=O)OC(C)(C)C)CC2)C1. The number of hydrogen-bond acceptors (Lipinski definition) is 4. The van der Waals surface area contributed by atoms with Crippen molar-refractivity contribution in [2.45, 2.75) is 110 Å². The topological polar surface area (TPSA) is 53.1 Å². The maximum absolute atomic E-state index is 13.8. The minimum atomic E-state index is -0.463. The molecule has 2 heterocycles. The molecule has 4 fully saturated rings. The molecule has 1 unspecified atom stereocenters. The Balaban J connectivity index is 1.29. The summed E-state index contributed by atoms with van der Waals surface area (Å²) >= 11 is 0. The van der Waals surface area contributed by atoms with Gasteiger partial charge in [-0.2, -0.15) is 0 Å². The molecule has 2 aliphatic carbocycles. The van der Waals surface area contributed by atoms with Gasteiger partial charge in [0, 0.05) is 32.2 Å². The van der Waals surface area contributed by atoms with Gasteiger partial charge in [0.25, 0.3) is 0 Å². The summed E-state index contributed by atoms with van der Waals surface area (Å²) in [6.45, 7) is 14.4. The Hall–Kier alpha value is -2.08. The lowest BCUT2D eigenvalue weighted by molar-refractivity contribution is -0.153. The molecule has 2 aliphatic heterocycles. The van der Waals surface area contributed by atoms with E-state index in [9.17, 15) is 9.59 Å². The summed E-state index contributed by atoms with van der Waals surface area (Å²) in [5.41, 5.74) is 2.51. The average molecular weight is 524 g/mol. The molecule has 1 atom stereocenters. The number of rotatable bonds is 5. The normalized spacial score (nSPS) is 25.3. The number of carbonyl (C=O) groups is 2. The van der Waals surface area contributed by atoms with Crippen LogP contribution in [0.2, 0.25) is 0 Å². The Morgan fingerprint density at radius 1 is 1.08 bits per heavy atom. The number of amides is 2. The minimum Gasteiger partial charge on any atom is -0.444 e. The van der Waals surface area contributed by atoms with Crippen LogP contribution in [0.4, 0.5) is 4.79 Å². The highest BCUT2D eigenvalue weighted by molar-refractivity contribution is 5.80. The van der Waals surface area contributed by atoms with E-state index in [-0.39, 0.29) is 17.6 Å². The van der Waals surface area contributed by atoms with Crippen LogP contribution in [0.25, 0.3) is 0 Å². The van der Waals surface area contributed by atoms with Crippen molar-refractivity contribution in [2.24, 2.45) is 11.3 Å². The summed E-state index contributed by atoms with van der Waals surface area (Å²) in [5.74, 6) is 1.49. The molecule has 5 rings (SSSR count). The maximum atomic E-state index is 13.8. The second-order valence-corrected chi connectivity index (χ2v) is 14.0. The quantitative estimate of drug-likeness (QED) is 0.450. The van der Waals surface area contributed by atoms with Crippen LogP contribution in [0.1, 0.15) is 109 Å². The molecular weight excluding hydrogens is 474 g/mol. The molecule has 4 aliphatic rings. The third kappa shape index (κ3) is 5.90. The number of piperidine rings is 1. The smallest absolute Gasteiger partial charge is 0.410 e. The van der Waals surface area contributed by atoms with Gasteiger partial charge in [-0.15, -0.1) is 0 Å². The Morgan fingerprint density at radius 3 is 2.37 bits per heavy atom. The molecule has 2 saturated heterocycles. The van der Waals surface area contributed by atoms with Gasteiger partial charge in [0.15, 0.2) is 0 Å². The number of likely N-dealkylation sites (tertiary alicyclic amines) is 1. The van der Waals surface area contributed by atoms with E-state index in [0.717, 1.165) is 57.8 Å². The van der Waals surface area contributed by atoms with E-state index in [1.165, 1.54) is 36.8 Å². The molecule has 2 amide bonds. The van der Waals surface area contributed by atoms with E-state index in [2.05, 4.69) is 47.9 Å². The third-order valence-electron chi connectivity index (χ3n) is 9.59. The van der Waals surface area contributed by atoms with Gasteiger partial charge in [-0.1, -0.05) is 51.0 Å². The van der Waals surface area contributed by atoms with Crippen LogP contribution in [0.3, 0.4) is 0 Å². The molecule has 2 saturated carbocycles. The molecule has 6 heteroatoms. The fourth-order valence-electron chi connectivity index (χ4n) is 7.62. The number of ether oxygens (including phenoxy) is 1. The average Bonchev–Trinajstić information content (AvgIpc) is 3.34. The number of benzene rings is 1. The highest BCUT2D eigenvalue weighted by Gasteiger charge is 2.52. The van der Waals surface area contributed by atoms with E-state index in [0.29, 0.717) is 24.4 Å². The molecule has 38 heavy (non-hydrogen) atoms. The van der Waals surface area contributed by atoms with Crippen LogP contribution in [0.5, 0.6) is 0 Å². The Kier molecular flexibility index (Phi) is 7.83. The molecule has 1 aromatic rings. The van der Waals surface area contributed by atoms with Crippen molar-refractivity contribution in [1.29, 1.82) is 0 Å². The van der Waals surface area contributed by atoms with Gasteiger partial charge in [-0.05, 0) is 87.7 Å². The standard InChI is InChI=1S/C32H49N3O3/c1-23(2)26-12-8-9-13-27(26)28-21-33(20-24-10-6-7-11-24)22-29(36)35(28)25-18-32(19-25)14-16-34(17-15-32)30(37)38-31(3,4)5/h8-9,12-13,23-25,28H,6-7,10-11,14-22H2,1-5H3. The van der Waals surface area contributed by atoms with Crippen molar-refractivity contribution in [3.8, 4) is 0 Å². The van der Waals surface area contributed by atoms with E-state index in [1.54, 1.807) is 0 Å². The van der Waals surface area contributed by atoms with Crippen LogP contribution < -0.4 is 0 Å². The lowest BCUT2D eigenvalue weighted by Crippen LogP contribution is -2.62. The summed E-state index contributed by atoms with van der Waals surface area (Å²) in [6, 6.07) is 9.24. The molecule has 1 aromatic carbocycles. The minimum absolute atomic E-state index is 0.125. The molecule has 6 nitrogen and oxygen atoms in total. The summed E-state index contributed by atoms with van der Waals surface area (Å²) in [7, 11) is 0. The second kappa shape index (κ2) is 10.8. The first-order valence-electron chi connectivity index (χ1n) is 15.1. The third-order valence-corrected chi connectivity index (χ3v) is 9.59. The highest BCUT2D eigenvalue weighted by atomic mass is 16.6. The predicted molar refractivity (Wildman–Crippen MR) is 151 cm³/mol. The highest BCUT2D eigenvalue weighted by Crippen LogP contribution is 2.53. The van der Waals surface area contributed by atoms with E-state index >= 15 is 0 Å². The van der Waals surface area contributed by atoms with Crippen molar-refractivity contribution < 1.29 is 14.3 Å². The van der Waals surface area contributed by atoms with E-state index < -0.39 is 5.60 Å². The summed E-state index contributed by atoms with van der Waals surface area (Å²) in [6.07, 6.45) is 9.25. The molecule has 1 spiro atoms. The Morgan fingerprint density at radius 2 is 1.74 bits per heavy atom. The van der Waals surface area contributed by atoms with Crippen molar-refractivity contribution in [2.75, 3.05) is 32.7 Å². The zero-order valence-corrected chi connectivity index (χ0v) is 24.4. The van der Waals surface area contributed by atoms with Crippen molar-refractivity contribution in [1.82, 2.24) is 14.7 Å². The summed E-state index contributed by atoms with van der Waals surface area (Å²) in [5, 5.41) is 0. The summed E-state index contributed by atoms with van der Waals surface area (Å²) in [4.78, 5) is 33.0. The zero-order valence-electron chi connectivity index (χ0n) is 24.4. The largest absolute Gasteiger partial charge is 0.444 e. The lowest BCUT2D eigenvalue weighted by atomic mass is 9.59. The monoisotopic (exact) mass is 523 g/mol. The Labute approximate surface area is 230 Å². The number of piperazine rings is 1. The Bertz CT molecular complexity index is 993. The van der Waals surface area contributed by atoms with E-state index in [1.807, 2.05) is 25.7 Å². The fourth-order valence-corrected chi connectivity index (χ4v) is 7.62. The van der Waals surface area contributed by atoms with Gasteiger partial charge in [-0.25, -0.2) is 4.79 Å². The lowest BCUT2D eigenvalue weighted by Gasteiger charge is -2.58. The van der Waals surface area contributed by atoms with Crippen LogP contribution in [-0.4, -0.2) is 71.1 Å². The van der Waals surface area contributed by atoms with Gasteiger partial charge >= 0.3 is 6.09 Å². The molecule has 0 N–H and O–H groups in total. The molecule has 210 valence electrons. The first-order valence-corrected chi connectivity index (χ1v) is 15.1. The fraction of sp³-hybridized carbons (Fsp3) is 0.750. The van der Waals surface area contributed by atoms with E-state index in [4.69, 9.17) is 4.74 Å². The first-order chi connectivity index (χ1) is 18.0. The molecule has 0 bridgehead atoms. The maximum Gasteiger partial charge on any atom is 0.410 e. The van der Waals surface area contributed by atoms with Gasteiger partial charge < -0.3 is 14.5 Å². The second-order valence-electron chi connectivity index (χ2n) is 14.0. The number of nitrogens with zero attached hydrogens (tertiary/aromatic N) is 3. The van der Waals surface area contributed by atoms with Gasteiger partial charge in [0.1, 0.15) is 5.60 Å². The van der Waals surface area contributed by atoms with Crippen LogP contribution in [0.15, 0.2) is 24.3 Å².